The smallest absolute Gasteiger partial charge is 0.434 e. The third-order valence-corrected chi connectivity index (χ3v) is 1.71. The third kappa shape index (κ3) is 6.43. The molecule has 0 aromatic carbocycles. The highest BCUT2D eigenvalue weighted by Crippen LogP contribution is 2.05. The van der Waals surface area contributed by atoms with Gasteiger partial charge in [-0.3, -0.25) is 0 Å². The summed E-state index contributed by atoms with van der Waals surface area (Å²) in [7, 11) is 0. The Morgan fingerprint density at radius 2 is 1.77 bits per heavy atom. The van der Waals surface area contributed by atoms with Gasteiger partial charge in [0, 0.05) is 0 Å². The fraction of sp³-hybridized carbons (Fsp3) is 0.900. The number of hydrogen-bond acceptors (Lipinski definition) is 3. The molecule has 0 aliphatic carbocycles. The van der Waals surface area contributed by atoms with Gasteiger partial charge in [0.2, 0.25) is 0 Å². The average molecular weight is 188 g/mol. The van der Waals surface area contributed by atoms with Crippen LogP contribution in [0.1, 0.15) is 40.5 Å². The minimum Gasteiger partial charge on any atom is -0.434 e. The van der Waals surface area contributed by atoms with E-state index in [4.69, 9.17) is 9.47 Å². The van der Waals surface area contributed by atoms with Crippen molar-refractivity contribution in [3.8, 4) is 0 Å². The largest absolute Gasteiger partial charge is 0.508 e. The summed E-state index contributed by atoms with van der Waals surface area (Å²) in [5.74, 6) is 0.356. The number of rotatable bonds is 5. The molecule has 0 heterocycles. The number of carbonyl (C=O) groups is 1. The maximum absolute atomic E-state index is 11.0. The van der Waals surface area contributed by atoms with Crippen LogP contribution in [0.5, 0.6) is 0 Å². The zero-order valence-corrected chi connectivity index (χ0v) is 9.00. The highest BCUT2D eigenvalue weighted by atomic mass is 16.7. The predicted molar refractivity (Wildman–Crippen MR) is 51.6 cm³/mol. The first-order valence-corrected chi connectivity index (χ1v) is 4.93. The van der Waals surface area contributed by atoms with Crippen LogP contribution >= 0.6 is 0 Å². The van der Waals surface area contributed by atoms with Crippen molar-refractivity contribution >= 4 is 6.16 Å². The Balaban J connectivity index is 3.60. The summed E-state index contributed by atoms with van der Waals surface area (Å²) in [5.41, 5.74) is 0. The van der Waals surface area contributed by atoms with Crippen LogP contribution in [0.3, 0.4) is 0 Å². The Kier molecular flexibility index (Phi) is 6.37. The molecule has 0 spiro atoms. The van der Waals surface area contributed by atoms with E-state index in [9.17, 15) is 4.79 Å². The Labute approximate surface area is 80.4 Å². The van der Waals surface area contributed by atoms with Gasteiger partial charge in [-0.25, -0.2) is 4.79 Å². The number of carbonyl (C=O) groups excluding carboxylic acids is 1. The van der Waals surface area contributed by atoms with Crippen molar-refractivity contribution in [3.63, 3.8) is 0 Å². The maximum Gasteiger partial charge on any atom is 0.508 e. The molecule has 0 aromatic rings. The van der Waals surface area contributed by atoms with Crippen LogP contribution in [0.15, 0.2) is 0 Å². The van der Waals surface area contributed by atoms with Crippen LogP contribution in [-0.4, -0.2) is 18.9 Å². The molecule has 0 aromatic heterocycles. The monoisotopic (exact) mass is 188 g/mol. The normalized spacial score (nSPS) is 10.6. The molecular formula is C10H20O3. The highest BCUT2D eigenvalue weighted by Gasteiger charge is 2.11. The lowest BCUT2D eigenvalue weighted by Crippen LogP contribution is -2.19. The summed E-state index contributed by atoms with van der Waals surface area (Å²) in [4.78, 5) is 11.0. The molecule has 0 atom stereocenters. The number of hydrogen-bond donors (Lipinski definition) is 0. The van der Waals surface area contributed by atoms with Gasteiger partial charge in [0.05, 0.1) is 6.61 Å². The van der Waals surface area contributed by atoms with E-state index >= 15 is 0 Å². The SMILES string of the molecule is CCC(CC)OC(=O)OCC(C)C. The van der Waals surface area contributed by atoms with Crippen LogP contribution in [0.2, 0.25) is 0 Å². The van der Waals surface area contributed by atoms with Gasteiger partial charge in [-0.1, -0.05) is 27.7 Å². The fourth-order valence-electron chi connectivity index (χ4n) is 0.860. The molecule has 0 fully saturated rings. The minimum absolute atomic E-state index is 0.000313. The van der Waals surface area contributed by atoms with Crippen molar-refractivity contribution in [3.05, 3.63) is 0 Å². The van der Waals surface area contributed by atoms with E-state index in [-0.39, 0.29) is 6.10 Å². The predicted octanol–water partition coefficient (Wildman–Crippen LogP) is 2.98. The van der Waals surface area contributed by atoms with E-state index in [2.05, 4.69) is 0 Å². The summed E-state index contributed by atoms with van der Waals surface area (Å²) in [6, 6.07) is 0. The quantitative estimate of drug-likeness (QED) is 0.622. The minimum atomic E-state index is -0.539. The van der Waals surface area contributed by atoms with E-state index in [0.717, 1.165) is 12.8 Å². The lowest BCUT2D eigenvalue weighted by atomic mass is 10.2. The summed E-state index contributed by atoms with van der Waals surface area (Å²) >= 11 is 0. The molecule has 0 aliphatic heterocycles. The van der Waals surface area contributed by atoms with Gasteiger partial charge in [0.25, 0.3) is 0 Å². The van der Waals surface area contributed by atoms with Crippen molar-refractivity contribution < 1.29 is 14.3 Å². The molecule has 3 nitrogen and oxygen atoms in total. The molecule has 78 valence electrons. The highest BCUT2D eigenvalue weighted by molar-refractivity contribution is 5.60. The molecule has 0 aliphatic rings. The van der Waals surface area contributed by atoms with E-state index in [1.165, 1.54) is 0 Å². The van der Waals surface area contributed by atoms with Gasteiger partial charge >= 0.3 is 6.16 Å². The Hall–Kier alpha value is -0.730. The Morgan fingerprint density at radius 1 is 1.23 bits per heavy atom. The molecule has 3 heteroatoms. The third-order valence-electron chi connectivity index (χ3n) is 1.71. The van der Waals surface area contributed by atoms with E-state index in [1.807, 2.05) is 27.7 Å². The number of ether oxygens (including phenoxy) is 2. The standard InChI is InChI=1S/C10H20O3/c1-5-9(6-2)13-10(11)12-7-8(3)4/h8-9H,5-7H2,1-4H3. The van der Waals surface area contributed by atoms with Crippen LogP contribution in [0.4, 0.5) is 4.79 Å². The first-order chi connectivity index (χ1) is 6.10. The summed E-state index contributed by atoms with van der Waals surface area (Å²) in [6.45, 7) is 8.39. The zero-order valence-electron chi connectivity index (χ0n) is 9.00. The second-order valence-electron chi connectivity index (χ2n) is 3.51. The summed E-state index contributed by atoms with van der Waals surface area (Å²) in [6.07, 6.45) is 1.14. The van der Waals surface area contributed by atoms with Gasteiger partial charge in [-0.2, -0.15) is 0 Å². The van der Waals surface area contributed by atoms with Gasteiger partial charge in [0.1, 0.15) is 6.10 Å². The van der Waals surface area contributed by atoms with Crippen LogP contribution in [0, 0.1) is 5.92 Å². The molecular weight excluding hydrogens is 168 g/mol. The summed E-state index contributed by atoms with van der Waals surface area (Å²) in [5, 5.41) is 0. The molecule has 0 rings (SSSR count). The molecule has 0 unspecified atom stereocenters. The molecule has 13 heavy (non-hydrogen) atoms. The molecule has 0 bridgehead atoms. The van der Waals surface area contributed by atoms with Crippen molar-refractivity contribution in [2.75, 3.05) is 6.61 Å². The van der Waals surface area contributed by atoms with E-state index < -0.39 is 6.16 Å². The molecule has 0 amide bonds. The molecule has 0 saturated heterocycles. The van der Waals surface area contributed by atoms with E-state index in [1.54, 1.807) is 0 Å². The fourth-order valence-corrected chi connectivity index (χ4v) is 0.860. The lowest BCUT2D eigenvalue weighted by Gasteiger charge is -2.14. The van der Waals surface area contributed by atoms with Crippen LogP contribution in [-0.2, 0) is 9.47 Å². The van der Waals surface area contributed by atoms with Gasteiger partial charge < -0.3 is 9.47 Å². The zero-order chi connectivity index (χ0) is 10.3. The first-order valence-electron chi connectivity index (χ1n) is 4.93. The van der Waals surface area contributed by atoms with Crippen LogP contribution in [0.25, 0.3) is 0 Å². The molecule has 0 N–H and O–H groups in total. The topological polar surface area (TPSA) is 35.5 Å². The average Bonchev–Trinajstić information content (AvgIpc) is 2.10. The van der Waals surface area contributed by atoms with Crippen molar-refractivity contribution in [2.24, 2.45) is 5.92 Å². The van der Waals surface area contributed by atoms with E-state index in [0.29, 0.717) is 12.5 Å². The summed E-state index contributed by atoms with van der Waals surface area (Å²) < 4.78 is 9.91. The molecule has 0 saturated carbocycles. The Bertz CT molecular complexity index is 139. The molecule has 0 radical (unpaired) electrons. The van der Waals surface area contributed by atoms with Gasteiger partial charge in [-0.05, 0) is 18.8 Å². The maximum atomic E-state index is 11.0. The first kappa shape index (κ1) is 12.3. The second-order valence-corrected chi connectivity index (χ2v) is 3.51. The second kappa shape index (κ2) is 6.75. The lowest BCUT2D eigenvalue weighted by molar-refractivity contribution is 0.0154. The van der Waals surface area contributed by atoms with Crippen molar-refractivity contribution in [2.45, 2.75) is 46.6 Å². The van der Waals surface area contributed by atoms with Gasteiger partial charge in [-0.15, -0.1) is 0 Å². The van der Waals surface area contributed by atoms with Gasteiger partial charge in [0.15, 0.2) is 0 Å². The van der Waals surface area contributed by atoms with Crippen LogP contribution < -0.4 is 0 Å². The van der Waals surface area contributed by atoms with Crippen molar-refractivity contribution in [1.29, 1.82) is 0 Å². The Morgan fingerprint density at radius 3 is 2.15 bits per heavy atom. The van der Waals surface area contributed by atoms with Crippen molar-refractivity contribution in [1.82, 2.24) is 0 Å².